The van der Waals surface area contributed by atoms with Crippen LogP contribution in [0.25, 0.3) is 0 Å². The molecule has 42 heavy (non-hydrogen) atoms. The summed E-state index contributed by atoms with van der Waals surface area (Å²) in [7, 11) is -0.446. The number of para-hydroxylation sites is 1. The Morgan fingerprint density at radius 3 is 2.43 bits per heavy atom. The van der Waals surface area contributed by atoms with Crippen LogP contribution in [0.5, 0.6) is 11.5 Å². The lowest BCUT2D eigenvalue weighted by Gasteiger charge is -2.33. The van der Waals surface area contributed by atoms with Gasteiger partial charge in [-0.3, -0.25) is 19.3 Å². The van der Waals surface area contributed by atoms with Gasteiger partial charge in [0.1, 0.15) is 23.1 Å². The van der Waals surface area contributed by atoms with Crippen molar-refractivity contribution in [1.82, 2.24) is 20.4 Å². The number of aromatic carboxylic acids is 2. The second-order valence-corrected chi connectivity index (χ2v) is 9.42. The molecule has 2 aliphatic heterocycles. The van der Waals surface area contributed by atoms with E-state index in [1.54, 1.807) is 13.0 Å². The molecular formula is C26H27BN4O11. The van der Waals surface area contributed by atoms with Gasteiger partial charge in [-0.1, -0.05) is 18.2 Å². The zero-order chi connectivity index (χ0) is 30.7. The van der Waals surface area contributed by atoms with Crippen molar-refractivity contribution in [2.75, 3.05) is 26.7 Å². The van der Waals surface area contributed by atoms with E-state index in [0.717, 1.165) is 0 Å². The number of nitrogens with zero attached hydrogens (tertiary/aromatic N) is 2. The average Bonchev–Trinajstić information content (AvgIpc) is 2.96. The quantitative estimate of drug-likeness (QED) is 0.201. The minimum atomic E-state index is -1.66. The van der Waals surface area contributed by atoms with E-state index in [0.29, 0.717) is 10.5 Å². The number of nitrogens with one attached hydrogen (secondary N) is 2. The van der Waals surface area contributed by atoms with E-state index in [4.69, 9.17) is 9.39 Å². The highest BCUT2D eigenvalue weighted by atomic mass is 16.5. The van der Waals surface area contributed by atoms with Gasteiger partial charge in [0.25, 0.3) is 0 Å². The topological polar surface area (TPSA) is 212 Å². The summed E-state index contributed by atoms with van der Waals surface area (Å²) < 4.78 is 10.6. The number of rotatable bonds is 8. The number of likely N-dealkylation sites (N-methyl/N-ethyl adjacent to an activating group) is 1. The summed E-state index contributed by atoms with van der Waals surface area (Å²) in [6.45, 7) is 1.91. The monoisotopic (exact) mass is 582 g/mol. The maximum atomic E-state index is 13.6. The first-order valence-electron chi connectivity index (χ1n) is 12.8. The fourth-order valence-corrected chi connectivity index (χ4v) is 4.72. The molecule has 2 heterocycles. The van der Waals surface area contributed by atoms with Crippen molar-refractivity contribution in [2.24, 2.45) is 0 Å². The van der Waals surface area contributed by atoms with Gasteiger partial charge < -0.3 is 40.2 Å². The Labute approximate surface area is 239 Å². The van der Waals surface area contributed by atoms with Crippen molar-refractivity contribution in [3.63, 3.8) is 0 Å². The number of benzene rings is 2. The van der Waals surface area contributed by atoms with E-state index in [9.17, 15) is 44.0 Å². The number of hydrogen-bond donors (Lipinski definition) is 5. The number of piperazine rings is 1. The Bertz CT molecular complexity index is 1470. The Morgan fingerprint density at radius 1 is 1.07 bits per heavy atom. The van der Waals surface area contributed by atoms with E-state index in [1.807, 2.05) is 0 Å². The van der Waals surface area contributed by atoms with Gasteiger partial charge in [0, 0.05) is 19.6 Å². The molecule has 0 radical (unpaired) electrons. The molecule has 15 nitrogen and oxygen atoms in total. The third kappa shape index (κ3) is 5.83. The molecule has 220 valence electrons. The van der Waals surface area contributed by atoms with Crippen LogP contribution in [0.1, 0.15) is 44.8 Å². The van der Waals surface area contributed by atoms with Crippen molar-refractivity contribution < 1.29 is 53.4 Å². The minimum absolute atomic E-state index is 0.0305. The molecule has 16 heteroatoms. The summed E-state index contributed by atoms with van der Waals surface area (Å²) >= 11 is 0. The maximum Gasteiger partial charge on any atom is 0.547 e. The lowest BCUT2D eigenvalue weighted by Crippen LogP contribution is -2.60. The van der Waals surface area contributed by atoms with Crippen LogP contribution in [-0.2, 0) is 20.8 Å². The van der Waals surface area contributed by atoms with E-state index >= 15 is 0 Å². The van der Waals surface area contributed by atoms with Crippen LogP contribution < -0.4 is 20.0 Å². The molecular weight excluding hydrogens is 555 g/mol. The molecule has 2 atom stereocenters. The molecule has 2 aliphatic rings. The largest absolute Gasteiger partial charge is 0.547 e. The predicted octanol–water partition coefficient (Wildman–Crippen LogP) is -0.327. The third-order valence-corrected chi connectivity index (χ3v) is 6.93. The molecule has 4 rings (SSSR count). The van der Waals surface area contributed by atoms with Crippen LogP contribution in [-0.4, -0.2) is 101 Å². The van der Waals surface area contributed by atoms with Crippen molar-refractivity contribution in [3.8, 4) is 11.5 Å². The summed E-state index contributed by atoms with van der Waals surface area (Å²) in [6, 6.07) is 5.40. The fraction of sp³-hybridized carbons (Fsp3) is 0.308. The average molecular weight is 582 g/mol. The maximum absolute atomic E-state index is 13.6. The zero-order valence-electron chi connectivity index (χ0n) is 22.5. The number of ether oxygens (including phenoxy) is 1. The number of carboxylic acids is 2. The number of carboxylic acid groups (broad SMARTS) is 2. The summed E-state index contributed by atoms with van der Waals surface area (Å²) in [5.74, 6) is -6.68. The normalized spacial score (nSPS) is 17.1. The van der Waals surface area contributed by atoms with Crippen LogP contribution in [0.4, 0.5) is 4.79 Å². The summed E-state index contributed by atoms with van der Waals surface area (Å²) in [6.07, 6.45) is -0.0305. The van der Waals surface area contributed by atoms with Gasteiger partial charge in [0.15, 0.2) is 0 Å². The fourth-order valence-electron chi connectivity index (χ4n) is 4.72. The zero-order valence-corrected chi connectivity index (χ0v) is 22.5. The van der Waals surface area contributed by atoms with Crippen LogP contribution in [0.2, 0.25) is 0 Å². The van der Waals surface area contributed by atoms with Crippen molar-refractivity contribution in [2.45, 2.75) is 25.3 Å². The van der Waals surface area contributed by atoms with Gasteiger partial charge in [0.2, 0.25) is 5.91 Å². The Kier molecular flexibility index (Phi) is 8.66. The van der Waals surface area contributed by atoms with Crippen LogP contribution in [0.15, 0.2) is 36.4 Å². The molecule has 5 N–H and O–H groups in total. The van der Waals surface area contributed by atoms with E-state index in [2.05, 4.69) is 10.6 Å². The van der Waals surface area contributed by atoms with Crippen LogP contribution in [0, 0.1) is 0 Å². The van der Waals surface area contributed by atoms with Gasteiger partial charge >= 0.3 is 36.9 Å². The number of hydrogen-bond acceptors (Lipinski definition) is 9. The standard InChI is InChI=1S/C26H27BN4O11/c1-3-30-9-10-31(23(34)22(30)33)26(39)29-19(13-7-8-15(24(35)36)17(11-13)41-2)21(32)28-18-12-14-5-4-6-16(25(37)38)20(14)42-27(18)40/h4-8,11,18-19,40H,3,9-10,12H2,1-2H3,(H,28,32)(H,29,39)(H,35,36)(H,37,38)/t18-,19?/m0/s1. The third-order valence-electron chi connectivity index (χ3n) is 6.93. The molecule has 2 aromatic carbocycles. The molecule has 0 saturated carbocycles. The Morgan fingerprint density at radius 2 is 1.79 bits per heavy atom. The summed E-state index contributed by atoms with van der Waals surface area (Å²) in [5.41, 5.74) is 0.0736. The lowest BCUT2D eigenvalue weighted by atomic mass is 9.72. The SMILES string of the molecule is CCN1CCN(C(=O)NC(C(=O)N[C@H]2Cc3cccc(C(=O)O)c3OB2O)c2ccc(C(=O)O)c(OC)c2)C(=O)C1=O. The summed E-state index contributed by atoms with van der Waals surface area (Å²) in [5, 5.41) is 34.4. The first-order chi connectivity index (χ1) is 20.0. The molecule has 0 aliphatic carbocycles. The van der Waals surface area contributed by atoms with Crippen LogP contribution >= 0.6 is 0 Å². The molecule has 0 spiro atoms. The highest BCUT2D eigenvalue weighted by molar-refractivity contribution is 6.47. The lowest BCUT2D eigenvalue weighted by molar-refractivity contribution is -0.153. The van der Waals surface area contributed by atoms with E-state index in [1.165, 1.54) is 42.3 Å². The molecule has 0 aromatic heterocycles. The Balaban J connectivity index is 1.63. The second-order valence-electron chi connectivity index (χ2n) is 9.42. The number of urea groups is 1. The first-order valence-corrected chi connectivity index (χ1v) is 12.8. The molecule has 1 unspecified atom stereocenters. The van der Waals surface area contributed by atoms with Gasteiger partial charge in [-0.2, -0.15) is 0 Å². The molecule has 1 saturated heterocycles. The number of fused-ring (bicyclic) bond motifs is 1. The van der Waals surface area contributed by atoms with Crippen molar-refractivity contribution in [3.05, 3.63) is 58.7 Å². The number of carbonyl (C=O) groups is 6. The minimum Gasteiger partial charge on any atom is -0.534 e. The van der Waals surface area contributed by atoms with E-state index < -0.39 is 54.8 Å². The number of imide groups is 1. The highest BCUT2D eigenvalue weighted by Gasteiger charge is 2.41. The molecule has 0 bridgehead atoms. The van der Waals surface area contributed by atoms with Crippen LogP contribution in [0.3, 0.4) is 0 Å². The van der Waals surface area contributed by atoms with E-state index in [-0.39, 0.29) is 54.2 Å². The molecule has 2 aromatic rings. The number of carbonyl (C=O) groups excluding carboxylic acids is 4. The molecule has 5 amide bonds. The number of amides is 5. The van der Waals surface area contributed by atoms with Crippen molar-refractivity contribution in [1.29, 1.82) is 0 Å². The Hall–Kier alpha value is -5.12. The van der Waals surface area contributed by atoms with Gasteiger partial charge in [-0.25, -0.2) is 14.4 Å². The van der Waals surface area contributed by atoms with Gasteiger partial charge in [-0.05, 0) is 42.7 Å². The molecule has 1 fully saturated rings. The van der Waals surface area contributed by atoms with Gasteiger partial charge in [0.05, 0.1) is 18.6 Å². The van der Waals surface area contributed by atoms with Crippen molar-refractivity contribution >= 4 is 42.8 Å². The predicted molar refractivity (Wildman–Crippen MR) is 143 cm³/mol. The first kappa shape index (κ1) is 29.9. The number of methoxy groups -OCH3 is 1. The van der Waals surface area contributed by atoms with Gasteiger partial charge in [-0.15, -0.1) is 0 Å². The smallest absolute Gasteiger partial charge is 0.534 e. The second kappa shape index (κ2) is 12.2. The highest BCUT2D eigenvalue weighted by Crippen LogP contribution is 2.31. The summed E-state index contributed by atoms with van der Waals surface area (Å²) in [4.78, 5) is 76.8.